The molecule has 2 nitrogen and oxygen atoms in total. The Labute approximate surface area is 80.3 Å². The molecule has 6 heteroatoms. The van der Waals surface area contributed by atoms with E-state index in [1.807, 2.05) is 6.07 Å². The highest BCUT2D eigenvalue weighted by Gasteiger charge is 2.30. The van der Waals surface area contributed by atoms with E-state index < -0.39 is 22.4 Å². The Morgan fingerprint density at radius 1 is 1.36 bits per heavy atom. The lowest BCUT2D eigenvalue weighted by Crippen LogP contribution is -2.05. The Balaban J connectivity index is 3.01. The van der Waals surface area contributed by atoms with Crippen LogP contribution in [-0.2, 0) is 22.6 Å². The van der Waals surface area contributed by atoms with E-state index >= 15 is 0 Å². The molecule has 77 valence electrons. The van der Waals surface area contributed by atoms with E-state index in [0.29, 0.717) is 0 Å². The van der Waals surface area contributed by atoms with Crippen LogP contribution in [0.25, 0.3) is 0 Å². The molecule has 0 aromatic heterocycles. The highest BCUT2D eigenvalue weighted by Crippen LogP contribution is 2.29. The highest BCUT2D eigenvalue weighted by molar-refractivity contribution is 7.71. The van der Waals surface area contributed by atoms with Crippen molar-refractivity contribution in [1.29, 1.82) is 0 Å². The standard InChI is InChI=1S/C8H6F3O2S/c9-8(10,11)7-3-1-2-6(4-7)5-14(12)13/h1-2,4,14H,5H2. The zero-order valence-corrected chi connectivity index (χ0v) is 7.73. The van der Waals surface area contributed by atoms with Crippen LogP contribution in [0.5, 0.6) is 0 Å². The van der Waals surface area contributed by atoms with E-state index in [9.17, 15) is 21.6 Å². The van der Waals surface area contributed by atoms with Gasteiger partial charge in [0.15, 0.2) is 0 Å². The predicted octanol–water partition coefficient (Wildman–Crippen LogP) is 1.62. The van der Waals surface area contributed by atoms with Crippen LogP contribution in [0.4, 0.5) is 13.2 Å². The summed E-state index contributed by atoms with van der Waals surface area (Å²) in [5.74, 6) is -0.382. The molecule has 0 N–H and O–H groups in total. The minimum absolute atomic E-state index is 0.118. The predicted molar refractivity (Wildman–Crippen MR) is 44.3 cm³/mol. The number of thiol groups is 1. The Morgan fingerprint density at radius 2 is 2.00 bits per heavy atom. The molecule has 0 amide bonds. The Morgan fingerprint density at radius 3 is 2.50 bits per heavy atom. The maximum absolute atomic E-state index is 12.1. The molecular formula is C8H6F3O2S. The van der Waals surface area contributed by atoms with Gasteiger partial charge in [0.1, 0.15) is 10.7 Å². The van der Waals surface area contributed by atoms with E-state index in [2.05, 4.69) is 0 Å². The fraction of sp³-hybridized carbons (Fsp3) is 0.250. The van der Waals surface area contributed by atoms with Gasteiger partial charge in [-0.3, -0.25) is 0 Å². The maximum atomic E-state index is 12.1. The highest BCUT2D eigenvalue weighted by atomic mass is 32.2. The second-order valence-corrected chi connectivity index (χ2v) is 3.58. The van der Waals surface area contributed by atoms with Crippen molar-refractivity contribution >= 4 is 10.7 Å². The molecule has 0 unspecified atom stereocenters. The SMILES string of the molecule is O=[SH](=O)Cc1cc[c]c(C(F)(F)F)c1. The van der Waals surface area contributed by atoms with Crippen molar-refractivity contribution in [1.82, 2.24) is 0 Å². The third kappa shape index (κ3) is 3.02. The molecule has 0 aliphatic heterocycles. The first-order chi connectivity index (χ1) is 6.39. The molecular weight excluding hydrogens is 217 g/mol. The molecule has 1 aromatic rings. The first-order valence-electron chi connectivity index (χ1n) is 3.59. The van der Waals surface area contributed by atoms with Crippen molar-refractivity contribution in [3.63, 3.8) is 0 Å². The molecule has 0 aliphatic carbocycles. The lowest BCUT2D eigenvalue weighted by molar-refractivity contribution is -0.137. The van der Waals surface area contributed by atoms with Crippen LogP contribution < -0.4 is 0 Å². The Bertz CT molecular complexity index is 388. The summed E-state index contributed by atoms with van der Waals surface area (Å²) in [6.07, 6.45) is -4.48. The van der Waals surface area contributed by atoms with E-state index in [0.717, 1.165) is 12.1 Å². The lowest BCUT2D eigenvalue weighted by atomic mass is 10.1. The van der Waals surface area contributed by atoms with Crippen LogP contribution in [0.15, 0.2) is 18.2 Å². The van der Waals surface area contributed by atoms with Gasteiger partial charge in [0, 0.05) is 0 Å². The maximum Gasteiger partial charge on any atom is 0.417 e. The van der Waals surface area contributed by atoms with Crippen LogP contribution in [0, 0.1) is 6.07 Å². The van der Waals surface area contributed by atoms with Gasteiger partial charge in [-0.25, -0.2) is 8.42 Å². The van der Waals surface area contributed by atoms with Crippen LogP contribution in [0.1, 0.15) is 11.1 Å². The van der Waals surface area contributed by atoms with Gasteiger partial charge in [-0.05, 0) is 17.7 Å². The van der Waals surface area contributed by atoms with Gasteiger partial charge >= 0.3 is 6.18 Å². The number of benzene rings is 1. The minimum atomic E-state index is -4.48. The molecule has 0 bridgehead atoms. The van der Waals surface area contributed by atoms with Gasteiger partial charge in [-0.15, -0.1) is 0 Å². The zero-order valence-electron chi connectivity index (χ0n) is 6.84. The summed E-state index contributed by atoms with van der Waals surface area (Å²) in [4.78, 5) is 0. The summed E-state index contributed by atoms with van der Waals surface area (Å²) in [5.41, 5.74) is -0.834. The fourth-order valence-electron chi connectivity index (χ4n) is 0.925. The Kier molecular flexibility index (Phi) is 3.15. The molecule has 0 saturated heterocycles. The zero-order chi connectivity index (χ0) is 10.8. The van der Waals surface area contributed by atoms with Gasteiger partial charge in [-0.2, -0.15) is 13.2 Å². The summed E-state index contributed by atoms with van der Waals surface area (Å²) < 4.78 is 56.9. The van der Waals surface area contributed by atoms with Crippen molar-refractivity contribution in [2.75, 3.05) is 0 Å². The summed E-state index contributed by atoms with van der Waals surface area (Å²) in [5, 5.41) is 0. The normalized spacial score (nSPS) is 12.0. The average molecular weight is 223 g/mol. The van der Waals surface area contributed by atoms with E-state index in [4.69, 9.17) is 0 Å². The van der Waals surface area contributed by atoms with Crippen LogP contribution in [-0.4, -0.2) is 8.42 Å². The van der Waals surface area contributed by atoms with Crippen LogP contribution in [0.2, 0.25) is 0 Å². The van der Waals surface area contributed by atoms with E-state index in [1.54, 1.807) is 0 Å². The molecule has 0 saturated carbocycles. The number of hydrogen-bond acceptors (Lipinski definition) is 2. The molecule has 0 fully saturated rings. The molecule has 0 heterocycles. The molecule has 14 heavy (non-hydrogen) atoms. The third-order valence-electron chi connectivity index (χ3n) is 1.48. The van der Waals surface area contributed by atoms with Gasteiger partial charge in [0.05, 0.1) is 11.3 Å². The number of halogens is 3. The molecule has 1 radical (unpaired) electrons. The quantitative estimate of drug-likeness (QED) is 0.773. The largest absolute Gasteiger partial charge is 0.417 e. The van der Waals surface area contributed by atoms with Crippen molar-refractivity contribution in [3.05, 3.63) is 35.4 Å². The first kappa shape index (κ1) is 11.0. The van der Waals surface area contributed by atoms with Crippen molar-refractivity contribution in [2.24, 2.45) is 0 Å². The fourth-order valence-corrected chi connectivity index (χ4v) is 1.42. The van der Waals surface area contributed by atoms with E-state index in [-0.39, 0.29) is 11.3 Å². The topological polar surface area (TPSA) is 34.1 Å². The van der Waals surface area contributed by atoms with Crippen LogP contribution in [0.3, 0.4) is 0 Å². The molecule has 0 atom stereocenters. The number of alkyl halides is 3. The second kappa shape index (κ2) is 4.00. The van der Waals surface area contributed by atoms with Gasteiger partial charge in [0.25, 0.3) is 0 Å². The Hall–Kier alpha value is -1.04. The van der Waals surface area contributed by atoms with Crippen LogP contribution >= 0.6 is 0 Å². The van der Waals surface area contributed by atoms with Gasteiger partial charge in [-0.1, -0.05) is 12.1 Å². The minimum Gasteiger partial charge on any atom is -0.232 e. The smallest absolute Gasteiger partial charge is 0.232 e. The van der Waals surface area contributed by atoms with Crippen molar-refractivity contribution < 1.29 is 21.6 Å². The summed E-state index contributed by atoms with van der Waals surface area (Å²) in [7, 11) is -2.71. The number of rotatable bonds is 2. The summed E-state index contributed by atoms with van der Waals surface area (Å²) >= 11 is 0. The van der Waals surface area contributed by atoms with E-state index in [1.165, 1.54) is 6.07 Å². The summed E-state index contributed by atoms with van der Waals surface area (Å²) in [6, 6.07) is 5.14. The number of hydrogen-bond donors (Lipinski definition) is 1. The monoisotopic (exact) mass is 223 g/mol. The molecule has 0 aliphatic rings. The first-order valence-corrected chi connectivity index (χ1v) is 4.95. The third-order valence-corrected chi connectivity index (χ3v) is 2.11. The molecule has 1 rings (SSSR count). The average Bonchev–Trinajstić information content (AvgIpc) is 2.01. The van der Waals surface area contributed by atoms with Gasteiger partial charge in [0.2, 0.25) is 0 Å². The molecule has 1 aromatic carbocycles. The summed E-state index contributed by atoms with van der Waals surface area (Å²) in [6.45, 7) is 0. The van der Waals surface area contributed by atoms with Gasteiger partial charge < -0.3 is 0 Å². The second-order valence-electron chi connectivity index (χ2n) is 2.60. The molecule has 0 spiro atoms. The van der Waals surface area contributed by atoms with Crippen molar-refractivity contribution in [3.8, 4) is 0 Å². The van der Waals surface area contributed by atoms with Crippen molar-refractivity contribution in [2.45, 2.75) is 11.9 Å². The lowest BCUT2D eigenvalue weighted by Gasteiger charge is -2.06.